The van der Waals surface area contributed by atoms with Gasteiger partial charge in [0.2, 0.25) is 5.91 Å². The maximum Gasteiger partial charge on any atom is 0.236 e. The number of morpholine rings is 1. The van der Waals surface area contributed by atoms with Gasteiger partial charge >= 0.3 is 0 Å². The molecule has 0 bridgehead atoms. The van der Waals surface area contributed by atoms with E-state index in [0.717, 1.165) is 0 Å². The molecule has 2 atom stereocenters. The average Bonchev–Trinajstić information content (AvgIpc) is 2.12. The van der Waals surface area contributed by atoms with Crippen molar-refractivity contribution in [2.45, 2.75) is 45.9 Å². The minimum Gasteiger partial charge on any atom is -0.372 e. The molecule has 1 aliphatic rings. The lowest BCUT2D eigenvalue weighted by Gasteiger charge is -2.35. The first-order valence-electron chi connectivity index (χ1n) is 5.65. The SMILES string of the molecule is CC(C)NCC(=O)N1C[C@@H](C)O[C@@H](C)C1. The van der Waals surface area contributed by atoms with Crippen molar-refractivity contribution in [2.24, 2.45) is 0 Å². The molecule has 4 heteroatoms. The van der Waals surface area contributed by atoms with Crippen LogP contribution in [0.3, 0.4) is 0 Å². The van der Waals surface area contributed by atoms with E-state index in [1.807, 2.05) is 32.6 Å². The summed E-state index contributed by atoms with van der Waals surface area (Å²) in [6, 6.07) is 0.352. The number of nitrogens with zero attached hydrogens (tertiary/aromatic N) is 1. The van der Waals surface area contributed by atoms with E-state index >= 15 is 0 Å². The van der Waals surface area contributed by atoms with Gasteiger partial charge in [-0.2, -0.15) is 0 Å². The van der Waals surface area contributed by atoms with E-state index in [-0.39, 0.29) is 18.1 Å². The maximum atomic E-state index is 11.8. The molecule has 0 aromatic carbocycles. The van der Waals surface area contributed by atoms with Gasteiger partial charge in [0.05, 0.1) is 18.8 Å². The first kappa shape index (κ1) is 12.5. The number of amides is 1. The number of hydrogen-bond donors (Lipinski definition) is 1. The molecular weight excluding hydrogens is 192 g/mol. The van der Waals surface area contributed by atoms with Gasteiger partial charge in [0.15, 0.2) is 0 Å². The Balaban J connectivity index is 2.38. The Morgan fingerprint density at radius 2 is 1.93 bits per heavy atom. The number of nitrogens with one attached hydrogen (secondary N) is 1. The van der Waals surface area contributed by atoms with Crippen LogP contribution in [0.15, 0.2) is 0 Å². The fourth-order valence-electron chi connectivity index (χ4n) is 1.78. The molecule has 88 valence electrons. The summed E-state index contributed by atoms with van der Waals surface area (Å²) < 4.78 is 5.58. The van der Waals surface area contributed by atoms with Crippen molar-refractivity contribution in [1.29, 1.82) is 0 Å². The smallest absolute Gasteiger partial charge is 0.236 e. The third-order valence-corrected chi connectivity index (χ3v) is 2.43. The van der Waals surface area contributed by atoms with Crippen LogP contribution < -0.4 is 5.32 Å². The summed E-state index contributed by atoms with van der Waals surface area (Å²) in [4.78, 5) is 13.7. The minimum atomic E-state index is 0.150. The normalized spacial score (nSPS) is 27.1. The Hall–Kier alpha value is -0.610. The second-order valence-electron chi connectivity index (χ2n) is 4.59. The zero-order chi connectivity index (χ0) is 11.4. The molecule has 1 aliphatic heterocycles. The lowest BCUT2D eigenvalue weighted by molar-refractivity contribution is -0.142. The van der Waals surface area contributed by atoms with E-state index < -0.39 is 0 Å². The first-order chi connectivity index (χ1) is 6.99. The van der Waals surface area contributed by atoms with Crippen molar-refractivity contribution >= 4 is 5.91 Å². The van der Waals surface area contributed by atoms with Gasteiger partial charge in [-0.15, -0.1) is 0 Å². The number of ether oxygens (including phenoxy) is 1. The fourth-order valence-corrected chi connectivity index (χ4v) is 1.78. The van der Waals surface area contributed by atoms with E-state index in [2.05, 4.69) is 5.32 Å². The molecule has 1 amide bonds. The zero-order valence-electron chi connectivity index (χ0n) is 10.1. The van der Waals surface area contributed by atoms with Crippen LogP contribution in [0.25, 0.3) is 0 Å². The summed E-state index contributed by atoms with van der Waals surface area (Å²) in [7, 11) is 0. The van der Waals surface area contributed by atoms with E-state index in [0.29, 0.717) is 25.7 Å². The molecule has 0 spiro atoms. The van der Waals surface area contributed by atoms with Gasteiger partial charge in [0, 0.05) is 19.1 Å². The second-order valence-corrected chi connectivity index (χ2v) is 4.59. The van der Waals surface area contributed by atoms with Gasteiger partial charge in [-0.1, -0.05) is 13.8 Å². The molecule has 0 radical (unpaired) electrons. The quantitative estimate of drug-likeness (QED) is 0.749. The van der Waals surface area contributed by atoms with Crippen LogP contribution in [0.2, 0.25) is 0 Å². The third kappa shape index (κ3) is 4.18. The van der Waals surface area contributed by atoms with E-state index in [1.54, 1.807) is 0 Å². The van der Waals surface area contributed by atoms with Crippen LogP contribution >= 0.6 is 0 Å². The zero-order valence-corrected chi connectivity index (χ0v) is 10.1. The van der Waals surface area contributed by atoms with Gasteiger partial charge in [0.25, 0.3) is 0 Å². The van der Waals surface area contributed by atoms with Gasteiger partial charge in [-0.05, 0) is 13.8 Å². The molecule has 0 aromatic heterocycles. The highest BCUT2D eigenvalue weighted by Gasteiger charge is 2.25. The van der Waals surface area contributed by atoms with E-state index in [1.165, 1.54) is 0 Å². The number of rotatable bonds is 3. The minimum absolute atomic E-state index is 0.150. The highest BCUT2D eigenvalue weighted by atomic mass is 16.5. The van der Waals surface area contributed by atoms with Crippen molar-refractivity contribution in [3.63, 3.8) is 0 Å². The highest BCUT2D eigenvalue weighted by Crippen LogP contribution is 2.10. The van der Waals surface area contributed by atoms with Crippen LogP contribution in [0.4, 0.5) is 0 Å². The number of carbonyl (C=O) groups excluding carboxylic acids is 1. The molecule has 1 saturated heterocycles. The Morgan fingerprint density at radius 1 is 1.40 bits per heavy atom. The molecule has 1 rings (SSSR count). The van der Waals surface area contributed by atoms with Crippen LogP contribution in [0.5, 0.6) is 0 Å². The molecule has 0 aromatic rings. The lowest BCUT2D eigenvalue weighted by Crippen LogP contribution is -2.51. The van der Waals surface area contributed by atoms with Gasteiger partial charge in [0.1, 0.15) is 0 Å². The molecular formula is C11H22N2O2. The molecule has 1 fully saturated rings. The van der Waals surface area contributed by atoms with Gasteiger partial charge < -0.3 is 15.0 Å². The maximum absolute atomic E-state index is 11.8. The van der Waals surface area contributed by atoms with Gasteiger partial charge in [-0.3, -0.25) is 4.79 Å². The number of carbonyl (C=O) groups is 1. The Morgan fingerprint density at radius 3 is 2.40 bits per heavy atom. The van der Waals surface area contributed by atoms with E-state index in [9.17, 15) is 4.79 Å². The summed E-state index contributed by atoms with van der Waals surface area (Å²) in [6.45, 7) is 9.94. The van der Waals surface area contributed by atoms with Gasteiger partial charge in [-0.25, -0.2) is 0 Å². The van der Waals surface area contributed by atoms with Crippen molar-refractivity contribution in [2.75, 3.05) is 19.6 Å². The van der Waals surface area contributed by atoms with Crippen molar-refractivity contribution in [3.05, 3.63) is 0 Å². The van der Waals surface area contributed by atoms with E-state index in [4.69, 9.17) is 4.74 Å². The first-order valence-corrected chi connectivity index (χ1v) is 5.65. The largest absolute Gasteiger partial charge is 0.372 e. The van der Waals surface area contributed by atoms with Crippen LogP contribution in [0.1, 0.15) is 27.7 Å². The average molecular weight is 214 g/mol. The highest BCUT2D eigenvalue weighted by molar-refractivity contribution is 5.78. The summed E-state index contributed by atoms with van der Waals surface area (Å²) in [5, 5.41) is 3.14. The standard InChI is InChI=1S/C11H22N2O2/c1-8(2)12-5-11(14)13-6-9(3)15-10(4)7-13/h8-10,12H,5-7H2,1-4H3/t9-,10+. The van der Waals surface area contributed by atoms with Crippen LogP contribution in [-0.2, 0) is 9.53 Å². The lowest BCUT2D eigenvalue weighted by atomic mass is 10.2. The fraction of sp³-hybridized carbons (Fsp3) is 0.909. The second kappa shape index (κ2) is 5.47. The van der Waals surface area contributed by atoms with Crippen molar-refractivity contribution < 1.29 is 9.53 Å². The predicted molar refractivity (Wildman–Crippen MR) is 59.7 cm³/mol. The molecule has 0 unspecified atom stereocenters. The molecule has 0 saturated carbocycles. The molecule has 1 N–H and O–H groups in total. The van der Waals surface area contributed by atoms with Crippen LogP contribution in [0, 0.1) is 0 Å². The predicted octanol–water partition coefficient (Wildman–Crippen LogP) is 0.620. The Labute approximate surface area is 92.0 Å². The van der Waals surface area contributed by atoms with Crippen LogP contribution in [-0.4, -0.2) is 48.7 Å². The molecule has 15 heavy (non-hydrogen) atoms. The number of hydrogen-bond acceptors (Lipinski definition) is 3. The molecule has 4 nitrogen and oxygen atoms in total. The summed E-state index contributed by atoms with van der Waals surface area (Å²) in [5.41, 5.74) is 0. The summed E-state index contributed by atoms with van der Waals surface area (Å²) in [5.74, 6) is 0.172. The summed E-state index contributed by atoms with van der Waals surface area (Å²) in [6.07, 6.45) is 0.300. The Bertz CT molecular complexity index is 209. The van der Waals surface area contributed by atoms with Crippen molar-refractivity contribution in [1.82, 2.24) is 10.2 Å². The Kier molecular flexibility index (Phi) is 4.54. The summed E-state index contributed by atoms with van der Waals surface area (Å²) >= 11 is 0. The molecule has 0 aliphatic carbocycles. The monoisotopic (exact) mass is 214 g/mol. The van der Waals surface area contributed by atoms with Crippen molar-refractivity contribution in [3.8, 4) is 0 Å². The third-order valence-electron chi connectivity index (χ3n) is 2.43. The molecule has 1 heterocycles. The topological polar surface area (TPSA) is 41.6 Å².